The maximum absolute atomic E-state index is 10.2. The molecule has 1 unspecified atom stereocenters. The van der Waals surface area contributed by atoms with E-state index >= 15 is 0 Å². The van der Waals surface area contributed by atoms with Crippen LogP contribution in [0.5, 0.6) is 0 Å². The van der Waals surface area contributed by atoms with Gasteiger partial charge in [-0.25, -0.2) is 0 Å². The molecule has 78 valence electrons. The first kappa shape index (κ1) is 9.68. The van der Waals surface area contributed by atoms with Crippen molar-refractivity contribution >= 4 is 0 Å². The molecule has 4 nitrogen and oxygen atoms in total. The van der Waals surface area contributed by atoms with E-state index in [9.17, 15) is 5.11 Å². The molecule has 1 atom stereocenters. The van der Waals surface area contributed by atoms with Gasteiger partial charge in [0, 0.05) is 26.3 Å². The molecule has 1 aromatic heterocycles. The molecule has 1 aliphatic rings. The Morgan fingerprint density at radius 1 is 1.71 bits per heavy atom. The van der Waals surface area contributed by atoms with Gasteiger partial charge in [-0.1, -0.05) is 0 Å². The second-order valence-electron chi connectivity index (χ2n) is 4.04. The van der Waals surface area contributed by atoms with E-state index in [1.807, 2.05) is 19.3 Å². The van der Waals surface area contributed by atoms with Crippen molar-refractivity contribution in [3.05, 3.63) is 18.0 Å². The summed E-state index contributed by atoms with van der Waals surface area (Å²) in [6.45, 7) is 1.20. The molecule has 0 bridgehead atoms. The molecule has 1 fully saturated rings. The summed E-state index contributed by atoms with van der Waals surface area (Å²) in [7, 11) is 1.88. The van der Waals surface area contributed by atoms with E-state index in [2.05, 4.69) is 5.10 Å². The van der Waals surface area contributed by atoms with Crippen LogP contribution in [0.1, 0.15) is 18.5 Å². The molecule has 2 rings (SSSR count). The summed E-state index contributed by atoms with van der Waals surface area (Å²) in [5.74, 6) is 0. The first-order chi connectivity index (χ1) is 6.68. The minimum absolute atomic E-state index is 0.434. The second kappa shape index (κ2) is 3.71. The molecule has 0 amide bonds. The van der Waals surface area contributed by atoms with Gasteiger partial charge in [-0.3, -0.25) is 4.68 Å². The molecule has 0 saturated carbocycles. The van der Waals surface area contributed by atoms with Crippen LogP contribution in [-0.2, 0) is 18.2 Å². The van der Waals surface area contributed by atoms with Gasteiger partial charge < -0.3 is 9.84 Å². The highest BCUT2D eigenvalue weighted by Gasteiger charge is 2.30. The molecule has 14 heavy (non-hydrogen) atoms. The average molecular weight is 196 g/mol. The highest BCUT2D eigenvalue weighted by atomic mass is 16.5. The fraction of sp³-hybridized carbons (Fsp3) is 0.700. The van der Waals surface area contributed by atoms with Crippen LogP contribution in [-0.4, -0.2) is 33.7 Å². The molecule has 2 heterocycles. The molecule has 0 radical (unpaired) electrons. The number of hydrogen-bond acceptors (Lipinski definition) is 3. The highest BCUT2D eigenvalue weighted by molar-refractivity contribution is 5.04. The van der Waals surface area contributed by atoms with Crippen LogP contribution in [0.25, 0.3) is 0 Å². The van der Waals surface area contributed by atoms with Crippen molar-refractivity contribution in [3.63, 3.8) is 0 Å². The van der Waals surface area contributed by atoms with Crippen LogP contribution < -0.4 is 0 Å². The summed E-state index contributed by atoms with van der Waals surface area (Å²) in [6.07, 6.45) is 4.23. The van der Waals surface area contributed by atoms with Crippen molar-refractivity contribution in [2.75, 3.05) is 13.2 Å². The van der Waals surface area contributed by atoms with E-state index in [1.165, 1.54) is 0 Å². The Balaban J connectivity index is 2.01. The lowest BCUT2D eigenvalue weighted by atomic mass is 9.92. The zero-order valence-corrected chi connectivity index (χ0v) is 8.44. The molecule has 1 N–H and O–H groups in total. The highest BCUT2D eigenvalue weighted by Crippen LogP contribution is 2.22. The van der Waals surface area contributed by atoms with Gasteiger partial charge in [-0.15, -0.1) is 0 Å². The quantitative estimate of drug-likeness (QED) is 0.749. The Bertz CT molecular complexity index is 303. The zero-order chi connectivity index (χ0) is 10.0. The van der Waals surface area contributed by atoms with Crippen LogP contribution >= 0.6 is 0 Å². The third kappa shape index (κ3) is 2.13. The van der Waals surface area contributed by atoms with Crippen molar-refractivity contribution in [1.29, 1.82) is 0 Å². The summed E-state index contributed by atoms with van der Waals surface area (Å²) >= 11 is 0. The maximum atomic E-state index is 10.2. The minimum Gasteiger partial charge on any atom is -0.387 e. The molecule has 1 aromatic rings. The van der Waals surface area contributed by atoms with E-state index < -0.39 is 5.60 Å². The Kier molecular flexibility index (Phi) is 2.56. The van der Waals surface area contributed by atoms with E-state index in [0.29, 0.717) is 13.0 Å². The van der Waals surface area contributed by atoms with Crippen LogP contribution in [0.15, 0.2) is 12.3 Å². The number of ether oxygens (including phenoxy) is 1. The monoisotopic (exact) mass is 196 g/mol. The minimum atomic E-state index is -0.702. The number of hydrogen-bond donors (Lipinski definition) is 1. The first-order valence-corrected chi connectivity index (χ1v) is 4.97. The fourth-order valence-corrected chi connectivity index (χ4v) is 1.87. The van der Waals surface area contributed by atoms with Crippen LogP contribution in [0, 0.1) is 0 Å². The largest absolute Gasteiger partial charge is 0.387 e. The lowest BCUT2D eigenvalue weighted by molar-refractivity contribution is -0.0850. The Labute approximate surface area is 83.5 Å². The standard InChI is InChI=1S/C10H16N2O2/c1-12-5-3-9(11-12)7-10(13)4-2-6-14-8-10/h3,5,13H,2,4,6-8H2,1H3. The van der Waals surface area contributed by atoms with Crippen LogP contribution in [0.4, 0.5) is 0 Å². The summed E-state index contributed by atoms with van der Waals surface area (Å²) in [5, 5.41) is 14.4. The lowest BCUT2D eigenvalue weighted by Crippen LogP contribution is -2.40. The summed E-state index contributed by atoms with van der Waals surface area (Å²) in [5.41, 5.74) is 0.229. The Morgan fingerprint density at radius 3 is 3.14 bits per heavy atom. The number of aliphatic hydroxyl groups is 1. The van der Waals surface area contributed by atoms with Crippen LogP contribution in [0.2, 0.25) is 0 Å². The van der Waals surface area contributed by atoms with E-state index in [1.54, 1.807) is 4.68 Å². The zero-order valence-electron chi connectivity index (χ0n) is 8.44. The molecule has 0 aliphatic carbocycles. The predicted molar refractivity (Wildman–Crippen MR) is 51.9 cm³/mol. The van der Waals surface area contributed by atoms with Gasteiger partial charge >= 0.3 is 0 Å². The second-order valence-corrected chi connectivity index (χ2v) is 4.04. The Morgan fingerprint density at radius 2 is 2.57 bits per heavy atom. The first-order valence-electron chi connectivity index (χ1n) is 4.97. The molecular weight excluding hydrogens is 180 g/mol. The van der Waals surface area contributed by atoms with Crippen molar-refractivity contribution in [2.24, 2.45) is 7.05 Å². The van der Waals surface area contributed by atoms with Crippen molar-refractivity contribution in [3.8, 4) is 0 Å². The topological polar surface area (TPSA) is 47.3 Å². The van der Waals surface area contributed by atoms with Gasteiger partial charge in [0.2, 0.25) is 0 Å². The van der Waals surface area contributed by atoms with E-state index in [4.69, 9.17) is 4.74 Å². The van der Waals surface area contributed by atoms with E-state index in [-0.39, 0.29) is 0 Å². The number of nitrogens with zero attached hydrogens (tertiary/aromatic N) is 2. The van der Waals surface area contributed by atoms with Crippen molar-refractivity contribution in [2.45, 2.75) is 24.9 Å². The number of aromatic nitrogens is 2. The van der Waals surface area contributed by atoms with Gasteiger partial charge in [0.05, 0.1) is 17.9 Å². The van der Waals surface area contributed by atoms with Crippen molar-refractivity contribution in [1.82, 2.24) is 9.78 Å². The smallest absolute Gasteiger partial charge is 0.0936 e. The molecule has 0 aromatic carbocycles. The fourth-order valence-electron chi connectivity index (χ4n) is 1.87. The SMILES string of the molecule is Cn1ccc(CC2(O)CCCOC2)n1. The van der Waals surface area contributed by atoms with Gasteiger partial charge in [0.25, 0.3) is 0 Å². The number of rotatable bonds is 2. The predicted octanol–water partition coefficient (Wildman–Crippen LogP) is 0.504. The maximum Gasteiger partial charge on any atom is 0.0936 e. The molecule has 4 heteroatoms. The number of aryl methyl sites for hydroxylation is 1. The summed E-state index contributed by atoms with van der Waals surface area (Å²) in [4.78, 5) is 0. The molecule has 1 saturated heterocycles. The average Bonchev–Trinajstić information content (AvgIpc) is 2.51. The van der Waals surface area contributed by atoms with Gasteiger partial charge in [-0.2, -0.15) is 5.10 Å². The summed E-state index contributed by atoms with van der Waals surface area (Å²) in [6, 6.07) is 1.94. The Hall–Kier alpha value is -0.870. The normalized spacial score (nSPS) is 27.9. The van der Waals surface area contributed by atoms with Crippen LogP contribution in [0.3, 0.4) is 0 Å². The van der Waals surface area contributed by atoms with Gasteiger partial charge in [0.15, 0.2) is 0 Å². The van der Waals surface area contributed by atoms with Crippen molar-refractivity contribution < 1.29 is 9.84 Å². The lowest BCUT2D eigenvalue weighted by Gasteiger charge is -2.31. The van der Waals surface area contributed by atoms with Gasteiger partial charge in [0.1, 0.15) is 0 Å². The molecule has 1 aliphatic heterocycles. The van der Waals surface area contributed by atoms with Gasteiger partial charge in [-0.05, 0) is 18.9 Å². The van der Waals surface area contributed by atoms with E-state index in [0.717, 1.165) is 25.1 Å². The summed E-state index contributed by atoms with van der Waals surface area (Å²) < 4.78 is 7.03. The third-order valence-electron chi connectivity index (χ3n) is 2.58. The molecular formula is C10H16N2O2. The third-order valence-corrected chi connectivity index (χ3v) is 2.58. The molecule has 0 spiro atoms.